The van der Waals surface area contributed by atoms with Gasteiger partial charge in [-0.25, -0.2) is 0 Å². The van der Waals surface area contributed by atoms with Crippen molar-refractivity contribution in [2.45, 2.75) is 12.0 Å². The molecule has 0 saturated heterocycles. The van der Waals surface area contributed by atoms with Crippen molar-refractivity contribution in [3.63, 3.8) is 0 Å². The van der Waals surface area contributed by atoms with Gasteiger partial charge in [0.15, 0.2) is 5.92 Å². The Morgan fingerprint density at radius 1 is 0.969 bits per heavy atom. The van der Waals surface area contributed by atoms with Gasteiger partial charge in [-0.2, -0.15) is 0 Å². The molecule has 3 N–H and O–H groups in total. The molecule has 1 aliphatic carbocycles. The Bertz CT molecular complexity index is 1150. The lowest BCUT2D eigenvalue weighted by atomic mass is 9.93. The molecule has 162 valence electrons. The van der Waals surface area contributed by atoms with Crippen molar-refractivity contribution in [2.75, 3.05) is 6.61 Å². The number of fused-ring (bicyclic) bond motifs is 3. The lowest BCUT2D eigenvalue weighted by Crippen LogP contribution is -2.36. The lowest BCUT2D eigenvalue weighted by Gasteiger charge is -2.21. The van der Waals surface area contributed by atoms with Gasteiger partial charge in [-0.3, -0.25) is 19.7 Å². The lowest BCUT2D eigenvalue weighted by molar-refractivity contribution is -0.384. The number of nitro groups is 1. The molecule has 0 heterocycles. The third-order valence-corrected chi connectivity index (χ3v) is 5.72. The van der Waals surface area contributed by atoms with Crippen molar-refractivity contribution in [2.24, 2.45) is 11.7 Å². The molecule has 0 amide bonds. The number of nitrogens with two attached hydrogens (primary N) is 1. The number of carboxylic acids is 1. The first-order valence-corrected chi connectivity index (χ1v) is 9.96. The van der Waals surface area contributed by atoms with Crippen LogP contribution in [0.5, 0.6) is 0 Å². The number of hydrogen-bond donors (Lipinski definition) is 2. The number of hydrogen-bond acceptors (Lipinski definition) is 6. The zero-order valence-electron chi connectivity index (χ0n) is 16.9. The molecule has 1 aliphatic rings. The first-order valence-electron chi connectivity index (χ1n) is 9.96. The quantitative estimate of drug-likeness (QED) is 0.252. The highest BCUT2D eigenvalue weighted by Gasteiger charge is 2.37. The molecular formula is C24H20N2O6. The topological polar surface area (TPSA) is 133 Å². The Morgan fingerprint density at radius 3 is 2.00 bits per heavy atom. The third kappa shape index (κ3) is 3.83. The maximum atomic E-state index is 12.8. The Kier molecular flexibility index (Phi) is 5.70. The van der Waals surface area contributed by atoms with Crippen molar-refractivity contribution in [1.82, 2.24) is 0 Å². The fourth-order valence-electron chi connectivity index (χ4n) is 4.11. The van der Waals surface area contributed by atoms with Gasteiger partial charge >= 0.3 is 11.9 Å². The number of aliphatic carboxylic acids is 1. The van der Waals surface area contributed by atoms with Crippen LogP contribution in [0, 0.1) is 16.0 Å². The Labute approximate surface area is 183 Å². The molecule has 8 nitrogen and oxygen atoms in total. The van der Waals surface area contributed by atoms with E-state index in [4.69, 9.17) is 10.5 Å². The van der Waals surface area contributed by atoms with Gasteiger partial charge < -0.3 is 15.6 Å². The Balaban J connectivity index is 1.53. The number of ether oxygens (including phenoxy) is 1. The van der Waals surface area contributed by atoms with Gasteiger partial charge in [0.05, 0.1) is 11.0 Å². The number of nitro benzene ring substituents is 1. The van der Waals surface area contributed by atoms with Crippen LogP contribution in [0.1, 0.15) is 28.7 Å². The molecule has 4 rings (SSSR count). The molecule has 3 aromatic rings. The molecule has 1 unspecified atom stereocenters. The molecule has 32 heavy (non-hydrogen) atoms. The summed E-state index contributed by atoms with van der Waals surface area (Å²) in [6, 6.07) is 19.5. The molecule has 0 aromatic heterocycles. The van der Waals surface area contributed by atoms with Gasteiger partial charge in [-0.1, -0.05) is 60.7 Å². The van der Waals surface area contributed by atoms with Crippen molar-refractivity contribution < 1.29 is 24.4 Å². The minimum absolute atomic E-state index is 0.0242. The van der Waals surface area contributed by atoms with Gasteiger partial charge in [-0.15, -0.1) is 0 Å². The second-order valence-corrected chi connectivity index (χ2v) is 7.55. The normalized spacial score (nSPS) is 14.2. The molecule has 0 spiro atoms. The van der Waals surface area contributed by atoms with E-state index in [0.717, 1.165) is 22.3 Å². The van der Waals surface area contributed by atoms with E-state index >= 15 is 0 Å². The number of nitrogens with zero attached hydrogens (tertiary/aromatic N) is 1. The number of rotatable bonds is 7. The van der Waals surface area contributed by atoms with Crippen molar-refractivity contribution in [3.05, 3.63) is 99.6 Å². The summed E-state index contributed by atoms with van der Waals surface area (Å²) in [5.74, 6) is -4.24. The second kappa shape index (κ2) is 8.60. The van der Waals surface area contributed by atoms with E-state index < -0.39 is 28.8 Å². The van der Waals surface area contributed by atoms with Crippen LogP contribution < -0.4 is 5.73 Å². The van der Waals surface area contributed by atoms with Crippen LogP contribution in [0.15, 0.2) is 72.8 Å². The van der Waals surface area contributed by atoms with Crippen LogP contribution in [0.3, 0.4) is 0 Å². The number of benzene rings is 3. The summed E-state index contributed by atoms with van der Waals surface area (Å²) in [6.45, 7) is -0.0242. The van der Waals surface area contributed by atoms with Gasteiger partial charge in [-0.05, 0) is 27.8 Å². The van der Waals surface area contributed by atoms with Gasteiger partial charge in [0, 0.05) is 18.1 Å². The minimum atomic E-state index is -1.65. The molecule has 3 aromatic carbocycles. The minimum Gasteiger partial charge on any atom is -0.481 e. The van der Waals surface area contributed by atoms with Crippen molar-refractivity contribution >= 4 is 17.6 Å². The zero-order valence-corrected chi connectivity index (χ0v) is 16.9. The number of carbonyl (C=O) groups is 2. The van der Waals surface area contributed by atoms with Crippen LogP contribution in [0.2, 0.25) is 0 Å². The number of carbonyl (C=O) groups excluding carboxylic acids is 1. The summed E-state index contributed by atoms with van der Waals surface area (Å²) in [7, 11) is 0. The molecule has 0 aliphatic heterocycles. The Morgan fingerprint density at radius 2 is 1.50 bits per heavy atom. The maximum Gasteiger partial charge on any atom is 0.322 e. The summed E-state index contributed by atoms with van der Waals surface area (Å²) in [4.78, 5) is 34.8. The molecule has 0 radical (unpaired) electrons. The SMILES string of the molecule is NC(c1ccc([N+](=O)[O-])cc1)[C@@H](C(=O)O)C(=O)OCC1c2ccccc2-c2ccccc21. The van der Waals surface area contributed by atoms with Crippen LogP contribution in [0.4, 0.5) is 5.69 Å². The van der Waals surface area contributed by atoms with E-state index in [2.05, 4.69) is 0 Å². The predicted octanol–water partition coefficient (Wildman–Crippen LogP) is 3.65. The molecule has 0 saturated carbocycles. The number of non-ortho nitro benzene ring substituents is 1. The average Bonchev–Trinajstić information content (AvgIpc) is 3.11. The summed E-state index contributed by atoms with van der Waals surface area (Å²) < 4.78 is 5.46. The van der Waals surface area contributed by atoms with Gasteiger partial charge in [0.25, 0.3) is 5.69 Å². The van der Waals surface area contributed by atoms with Crippen molar-refractivity contribution in [3.8, 4) is 11.1 Å². The first kappa shape index (κ1) is 21.2. The van der Waals surface area contributed by atoms with Crippen LogP contribution in [0.25, 0.3) is 11.1 Å². The molecule has 0 bridgehead atoms. The molecule has 0 fully saturated rings. The summed E-state index contributed by atoms with van der Waals surface area (Å²) in [5.41, 5.74) is 10.3. The highest BCUT2D eigenvalue weighted by Crippen LogP contribution is 2.44. The van der Waals surface area contributed by atoms with Gasteiger partial charge in [0.1, 0.15) is 6.61 Å². The van der Waals surface area contributed by atoms with Gasteiger partial charge in [0.2, 0.25) is 0 Å². The zero-order chi connectivity index (χ0) is 22.8. The van der Waals surface area contributed by atoms with Crippen LogP contribution in [-0.2, 0) is 14.3 Å². The summed E-state index contributed by atoms with van der Waals surface area (Å²) in [5, 5.41) is 20.5. The van der Waals surface area contributed by atoms with E-state index in [1.54, 1.807) is 0 Å². The summed E-state index contributed by atoms with van der Waals surface area (Å²) in [6.07, 6.45) is 0. The monoisotopic (exact) mass is 432 g/mol. The van der Waals surface area contributed by atoms with E-state index in [9.17, 15) is 24.8 Å². The molecular weight excluding hydrogens is 412 g/mol. The highest BCUT2D eigenvalue weighted by molar-refractivity contribution is 5.95. The molecule has 2 atom stereocenters. The second-order valence-electron chi connectivity index (χ2n) is 7.55. The highest BCUT2D eigenvalue weighted by atomic mass is 16.6. The van der Waals surface area contributed by atoms with Crippen LogP contribution in [-0.4, -0.2) is 28.6 Å². The van der Waals surface area contributed by atoms with E-state index in [1.807, 2.05) is 48.5 Å². The van der Waals surface area contributed by atoms with Crippen LogP contribution >= 0.6 is 0 Å². The fourth-order valence-corrected chi connectivity index (χ4v) is 4.11. The smallest absolute Gasteiger partial charge is 0.322 e. The summed E-state index contributed by atoms with van der Waals surface area (Å²) >= 11 is 0. The average molecular weight is 432 g/mol. The standard InChI is InChI=1S/C24H20N2O6/c25-22(14-9-11-15(12-10-14)26(30)31)21(23(27)28)24(29)32-13-20-18-7-3-1-5-16(18)17-6-2-4-8-19(17)20/h1-12,20-22H,13,25H2,(H,27,28)/t21-,22?/m0/s1. The van der Waals surface area contributed by atoms with E-state index in [1.165, 1.54) is 24.3 Å². The van der Waals surface area contributed by atoms with E-state index in [0.29, 0.717) is 0 Å². The third-order valence-electron chi connectivity index (χ3n) is 5.72. The molecule has 8 heteroatoms. The first-order chi connectivity index (χ1) is 15.4. The Hall–Kier alpha value is -4.04. The van der Waals surface area contributed by atoms with E-state index in [-0.39, 0.29) is 23.8 Å². The number of carboxylic acid groups (broad SMARTS) is 1. The number of esters is 1. The largest absolute Gasteiger partial charge is 0.481 e. The van der Waals surface area contributed by atoms with Crippen molar-refractivity contribution in [1.29, 1.82) is 0 Å². The maximum absolute atomic E-state index is 12.8. The predicted molar refractivity (Wildman–Crippen MR) is 116 cm³/mol. The fraction of sp³-hybridized carbons (Fsp3) is 0.167.